The number of nitrogens with one attached hydrogen (secondary N) is 2. The van der Waals surface area contributed by atoms with Gasteiger partial charge in [-0.15, -0.1) is 0 Å². The first-order chi connectivity index (χ1) is 15.7. The number of carbonyl (C=O) groups excluding carboxylic acids is 3. The van der Waals surface area contributed by atoms with E-state index in [-0.39, 0.29) is 5.75 Å². The van der Waals surface area contributed by atoms with Crippen molar-refractivity contribution in [2.24, 2.45) is 5.10 Å². The van der Waals surface area contributed by atoms with E-state index in [4.69, 9.17) is 16.3 Å². The molecule has 0 heterocycles. The minimum Gasteiger partial charge on any atom is -0.422 e. The lowest BCUT2D eigenvalue weighted by atomic mass is 10.1. The first-order valence-corrected chi connectivity index (χ1v) is 10.9. The molecule has 0 aliphatic carbocycles. The van der Waals surface area contributed by atoms with Crippen molar-refractivity contribution >= 4 is 57.2 Å². The lowest BCUT2D eigenvalue weighted by Crippen LogP contribution is -2.32. The summed E-state index contributed by atoms with van der Waals surface area (Å²) in [5.41, 5.74) is 5.00. The molecule has 3 rings (SSSR count). The van der Waals surface area contributed by atoms with Crippen LogP contribution in [-0.2, 0) is 9.59 Å². The summed E-state index contributed by atoms with van der Waals surface area (Å²) in [5.74, 6) is -2.17. The molecule has 2 N–H and O–H groups in total. The van der Waals surface area contributed by atoms with Crippen LogP contribution in [0.2, 0.25) is 5.02 Å². The van der Waals surface area contributed by atoms with Crippen LogP contribution in [0.25, 0.3) is 0 Å². The minimum atomic E-state index is -0.976. The van der Waals surface area contributed by atoms with Gasteiger partial charge in [0, 0.05) is 20.7 Å². The number of nitrogens with zero attached hydrogens (tertiary/aromatic N) is 1. The molecule has 0 aliphatic heterocycles. The molecule has 0 atom stereocenters. The van der Waals surface area contributed by atoms with E-state index in [0.717, 1.165) is 11.1 Å². The summed E-state index contributed by atoms with van der Waals surface area (Å²) < 4.78 is 6.23. The molecule has 168 valence electrons. The number of aryl methyl sites for hydroxylation is 2. The molecule has 0 aliphatic rings. The van der Waals surface area contributed by atoms with Gasteiger partial charge in [0.05, 0.1) is 11.8 Å². The fourth-order valence-corrected chi connectivity index (χ4v) is 3.30. The van der Waals surface area contributed by atoms with Crippen LogP contribution in [0, 0.1) is 13.8 Å². The Bertz CT molecular complexity index is 1260. The van der Waals surface area contributed by atoms with Gasteiger partial charge in [0.1, 0.15) is 5.75 Å². The van der Waals surface area contributed by atoms with Crippen LogP contribution in [0.4, 0.5) is 5.69 Å². The van der Waals surface area contributed by atoms with Crippen LogP contribution in [0.1, 0.15) is 27.0 Å². The number of anilines is 1. The number of hydrogen-bond acceptors (Lipinski definition) is 5. The van der Waals surface area contributed by atoms with Gasteiger partial charge in [-0.3, -0.25) is 9.59 Å². The summed E-state index contributed by atoms with van der Waals surface area (Å²) in [4.78, 5) is 36.7. The number of rotatable bonds is 5. The molecule has 3 aromatic carbocycles. The molecule has 0 aromatic heterocycles. The maximum absolute atomic E-state index is 12.6. The van der Waals surface area contributed by atoms with Crippen molar-refractivity contribution in [1.29, 1.82) is 0 Å². The Morgan fingerprint density at radius 1 is 0.970 bits per heavy atom. The zero-order valence-corrected chi connectivity index (χ0v) is 20.0. The summed E-state index contributed by atoms with van der Waals surface area (Å²) in [6.07, 6.45) is 1.28. The Hall–Kier alpha value is -3.49. The third-order valence-electron chi connectivity index (χ3n) is 4.55. The van der Waals surface area contributed by atoms with Crippen molar-refractivity contribution in [2.45, 2.75) is 13.8 Å². The lowest BCUT2D eigenvalue weighted by Gasteiger charge is -2.09. The largest absolute Gasteiger partial charge is 0.422 e. The highest BCUT2D eigenvalue weighted by atomic mass is 79.9. The van der Waals surface area contributed by atoms with Gasteiger partial charge in [-0.2, -0.15) is 5.10 Å². The van der Waals surface area contributed by atoms with E-state index >= 15 is 0 Å². The number of carbonyl (C=O) groups is 3. The van der Waals surface area contributed by atoms with Crippen molar-refractivity contribution in [3.63, 3.8) is 0 Å². The smallest absolute Gasteiger partial charge is 0.343 e. The Balaban J connectivity index is 1.67. The number of hydrogen-bond donors (Lipinski definition) is 2. The number of amides is 2. The van der Waals surface area contributed by atoms with Gasteiger partial charge >= 0.3 is 17.8 Å². The summed E-state index contributed by atoms with van der Waals surface area (Å²) >= 11 is 9.37. The standard InChI is InChI=1S/C24H19BrClN3O4/c1-14-5-3-4-6-19(14)24(32)33-21-10-8-17(25)11-16(21)13-27-29-23(31)22(30)28-18-9-7-15(2)20(26)12-18/h3-13H,1-2H3,(H,28,30)(H,29,31). The number of benzene rings is 3. The predicted octanol–water partition coefficient (Wildman–Crippen LogP) is 5.03. The molecule has 0 bridgehead atoms. The molecule has 7 nitrogen and oxygen atoms in total. The normalized spacial score (nSPS) is 10.7. The van der Waals surface area contributed by atoms with E-state index in [1.807, 2.05) is 26.0 Å². The van der Waals surface area contributed by atoms with Gasteiger partial charge in [-0.05, 0) is 61.4 Å². The molecule has 0 unspecified atom stereocenters. The van der Waals surface area contributed by atoms with Crippen LogP contribution in [-0.4, -0.2) is 24.0 Å². The fourth-order valence-electron chi connectivity index (χ4n) is 2.74. The van der Waals surface area contributed by atoms with Crippen LogP contribution >= 0.6 is 27.5 Å². The van der Waals surface area contributed by atoms with Crippen molar-refractivity contribution in [3.05, 3.63) is 92.4 Å². The molecule has 2 amide bonds. The predicted molar refractivity (Wildman–Crippen MR) is 131 cm³/mol. The molecular weight excluding hydrogens is 510 g/mol. The quantitative estimate of drug-likeness (QED) is 0.160. The molecule has 33 heavy (non-hydrogen) atoms. The molecular formula is C24H19BrClN3O4. The topological polar surface area (TPSA) is 96.9 Å². The Kier molecular flexibility index (Phi) is 7.97. The maximum atomic E-state index is 12.6. The minimum absolute atomic E-state index is 0.239. The number of ether oxygens (including phenoxy) is 1. The molecule has 0 spiro atoms. The summed E-state index contributed by atoms with van der Waals surface area (Å²) in [5, 5.41) is 6.72. The van der Waals surface area contributed by atoms with E-state index in [1.165, 1.54) is 6.21 Å². The zero-order valence-electron chi connectivity index (χ0n) is 17.7. The van der Waals surface area contributed by atoms with Crippen LogP contribution < -0.4 is 15.5 Å². The Labute approximate surface area is 203 Å². The molecule has 0 radical (unpaired) electrons. The molecule has 9 heteroatoms. The fraction of sp³-hybridized carbons (Fsp3) is 0.0833. The third-order valence-corrected chi connectivity index (χ3v) is 5.45. The molecule has 3 aromatic rings. The average molecular weight is 529 g/mol. The number of hydrazone groups is 1. The second-order valence-electron chi connectivity index (χ2n) is 7.00. The van der Waals surface area contributed by atoms with E-state index in [9.17, 15) is 14.4 Å². The second-order valence-corrected chi connectivity index (χ2v) is 8.33. The van der Waals surface area contributed by atoms with Gasteiger partial charge in [0.2, 0.25) is 0 Å². The second kappa shape index (κ2) is 10.9. The first kappa shape index (κ1) is 24.2. The maximum Gasteiger partial charge on any atom is 0.343 e. The van der Waals surface area contributed by atoms with E-state index in [2.05, 4.69) is 31.8 Å². The van der Waals surface area contributed by atoms with Crippen LogP contribution in [0.15, 0.2) is 70.2 Å². The highest BCUT2D eigenvalue weighted by Gasteiger charge is 2.15. The summed E-state index contributed by atoms with van der Waals surface area (Å²) in [6, 6.07) is 16.9. The highest BCUT2D eigenvalue weighted by molar-refractivity contribution is 9.10. The zero-order chi connectivity index (χ0) is 24.0. The van der Waals surface area contributed by atoms with Crippen molar-refractivity contribution in [1.82, 2.24) is 5.43 Å². The SMILES string of the molecule is Cc1ccc(NC(=O)C(=O)NN=Cc2cc(Br)ccc2OC(=O)c2ccccc2C)cc1Cl. The van der Waals surface area contributed by atoms with Gasteiger partial charge in [0.25, 0.3) is 0 Å². The van der Waals surface area contributed by atoms with Crippen LogP contribution in [0.5, 0.6) is 5.75 Å². The molecule has 0 saturated carbocycles. The average Bonchev–Trinajstić information content (AvgIpc) is 2.78. The van der Waals surface area contributed by atoms with Gasteiger partial charge in [-0.25, -0.2) is 10.2 Å². The first-order valence-electron chi connectivity index (χ1n) is 9.72. The van der Waals surface area contributed by atoms with Crippen molar-refractivity contribution in [2.75, 3.05) is 5.32 Å². The van der Waals surface area contributed by atoms with Crippen molar-refractivity contribution in [3.8, 4) is 5.75 Å². The lowest BCUT2D eigenvalue weighted by molar-refractivity contribution is -0.136. The third kappa shape index (κ3) is 6.50. The van der Waals surface area contributed by atoms with E-state index < -0.39 is 17.8 Å². The van der Waals surface area contributed by atoms with Crippen molar-refractivity contribution < 1.29 is 19.1 Å². The Morgan fingerprint density at radius 2 is 1.73 bits per heavy atom. The molecule has 0 fully saturated rings. The number of halogens is 2. The molecule has 0 saturated heterocycles. The van der Waals surface area contributed by atoms with E-state index in [1.54, 1.807) is 48.5 Å². The number of esters is 1. The van der Waals surface area contributed by atoms with Gasteiger partial charge in [-0.1, -0.05) is 51.8 Å². The summed E-state index contributed by atoms with van der Waals surface area (Å²) in [6.45, 7) is 3.63. The van der Waals surface area contributed by atoms with Crippen LogP contribution in [0.3, 0.4) is 0 Å². The highest BCUT2D eigenvalue weighted by Crippen LogP contribution is 2.23. The Morgan fingerprint density at radius 3 is 2.45 bits per heavy atom. The van der Waals surface area contributed by atoms with Gasteiger partial charge < -0.3 is 10.1 Å². The monoisotopic (exact) mass is 527 g/mol. The van der Waals surface area contributed by atoms with E-state index in [0.29, 0.717) is 26.3 Å². The van der Waals surface area contributed by atoms with Gasteiger partial charge in [0.15, 0.2) is 0 Å². The summed E-state index contributed by atoms with van der Waals surface area (Å²) in [7, 11) is 0.